The van der Waals surface area contributed by atoms with Crippen LogP contribution in [0.1, 0.15) is 89.2 Å². The normalized spacial score (nSPS) is 14.9. The number of carboxylic acids is 1. The second-order valence-electron chi connectivity index (χ2n) is 9.44. The molecule has 0 spiro atoms. The zero-order chi connectivity index (χ0) is 23.1. The van der Waals surface area contributed by atoms with Gasteiger partial charge in [-0.3, -0.25) is 9.59 Å². The molecule has 0 bridgehead atoms. The van der Waals surface area contributed by atoms with Crippen molar-refractivity contribution in [1.82, 2.24) is 0 Å². The molecule has 0 saturated heterocycles. The first kappa shape index (κ1) is 24.8. The van der Waals surface area contributed by atoms with E-state index in [2.05, 4.69) is 0 Å². The SMILES string of the molecule is CC(C)(CCCCCCc1cc(O)c(O)c(CCCCC2(OC=O)CC2)c1O)C(=O)O. The smallest absolute Gasteiger partial charge is 0.309 e. The molecule has 0 aromatic heterocycles. The molecule has 1 aliphatic rings. The molecule has 0 amide bonds. The number of aliphatic carboxylic acids is 1. The van der Waals surface area contributed by atoms with E-state index in [9.17, 15) is 24.9 Å². The number of aromatic hydroxyl groups is 3. The number of phenolic OH excluding ortho intramolecular Hbond substituents is 3. The highest BCUT2D eigenvalue weighted by Gasteiger charge is 2.44. The summed E-state index contributed by atoms with van der Waals surface area (Å²) in [6.45, 7) is 3.96. The second kappa shape index (κ2) is 10.7. The van der Waals surface area contributed by atoms with Crippen LogP contribution in [0.4, 0.5) is 0 Å². The van der Waals surface area contributed by atoms with Crippen molar-refractivity contribution >= 4 is 12.4 Å². The van der Waals surface area contributed by atoms with Crippen LogP contribution in [0.2, 0.25) is 0 Å². The van der Waals surface area contributed by atoms with Gasteiger partial charge < -0.3 is 25.2 Å². The third-order valence-corrected chi connectivity index (χ3v) is 6.42. The van der Waals surface area contributed by atoms with Crippen LogP contribution < -0.4 is 0 Å². The fourth-order valence-electron chi connectivity index (χ4n) is 3.95. The van der Waals surface area contributed by atoms with E-state index in [4.69, 9.17) is 9.84 Å². The first-order valence-electron chi connectivity index (χ1n) is 11.2. The Morgan fingerprint density at radius 1 is 1.03 bits per heavy atom. The number of carboxylic acid groups (broad SMARTS) is 1. The van der Waals surface area contributed by atoms with Crippen LogP contribution in [0, 0.1) is 5.41 Å². The number of carbonyl (C=O) groups is 2. The van der Waals surface area contributed by atoms with Crippen LogP contribution in [0.5, 0.6) is 17.2 Å². The molecule has 4 N–H and O–H groups in total. The number of hydrogen-bond acceptors (Lipinski definition) is 6. The molecule has 1 aromatic carbocycles. The van der Waals surface area contributed by atoms with Crippen LogP contribution in [-0.2, 0) is 27.2 Å². The van der Waals surface area contributed by atoms with Gasteiger partial charge in [0.2, 0.25) is 0 Å². The van der Waals surface area contributed by atoms with Gasteiger partial charge in [0.1, 0.15) is 11.4 Å². The molecule has 0 heterocycles. The molecular formula is C24H36O7. The summed E-state index contributed by atoms with van der Waals surface area (Å²) >= 11 is 0. The fourth-order valence-corrected chi connectivity index (χ4v) is 3.95. The van der Waals surface area contributed by atoms with Crippen LogP contribution in [0.3, 0.4) is 0 Å². The Morgan fingerprint density at radius 2 is 1.68 bits per heavy atom. The topological polar surface area (TPSA) is 124 Å². The molecule has 31 heavy (non-hydrogen) atoms. The largest absolute Gasteiger partial charge is 0.507 e. The van der Waals surface area contributed by atoms with Gasteiger partial charge in [0, 0.05) is 5.56 Å². The fraction of sp³-hybridized carbons (Fsp3) is 0.667. The molecule has 0 aliphatic heterocycles. The lowest BCUT2D eigenvalue weighted by Crippen LogP contribution is -2.23. The third-order valence-electron chi connectivity index (χ3n) is 6.42. The van der Waals surface area contributed by atoms with Crippen molar-refractivity contribution in [3.63, 3.8) is 0 Å². The molecule has 7 heteroatoms. The zero-order valence-electron chi connectivity index (χ0n) is 18.7. The number of unbranched alkanes of at least 4 members (excludes halogenated alkanes) is 4. The minimum atomic E-state index is -0.784. The van der Waals surface area contributed by atoms with Gasteiger partial charge in [-0.05, 0) is 83.3 Å². The molecule has 1 aliphatic carbocycles. The number of ether oxygens (including phenoxy) is 1. The van der Waals surface area contributed by atoms with Crippen molar-refractivity contribution < 1.29 is 34.8 Å². The minimum Gasteiger partial charge on any atom is -0.507 e. The minimum absolute atomic E-state index is 0.0348. The Bertz CT molecular complexity index is 766. The van der Waals surface area contributed by atoms with Crippen molar-refractivity contribution in [2.24, 2.45) is 5.41 Å². The van der Waals surface area contributed by atoms with E-state index in [1.165, 1.54) is 6.07 Å². The third kappa shape index (κ3) is 7.04. The van der Waals surface area contributed by atoms with Crippen molar-refractivity contribution in [2.75, 3.05) is 0 Å². The molecule has 1 fully saturated rings. The molecule has 1 saturated carbocycles. The van der Waals surface area contributed by atoms with Gasteiger partial charge in [0.25, 0.3) is 6.47 Å². The van der Waals surface area contributed by atoms with Gasteiger partial charge in [0.05, 0.1) is 5.41 Å². The van der Waals surface area contributed by atoms with Crippen molar-refractivity contribution in [3.8, 4) is 17.2 Å². The predicted octanol–water partition coefficient (Wildman–Crippen LogP) is 4.83. The van der Waals surface area contributed by atoms with Gasteiger partial charge >= 0.3 is 5.97 Å². The molecule has 7 nitrogen and oxygen atoms in total. The number of phenols is 3. The van der Waals surface area contributed by atoms with Crippen molar-refractivity contribution in [1.29, 1.82) is 0 Å². The van der Waals surface area contributed by atoms with Crippen LogP contribution in [-0.4, -0.2) is 38.5 Å². The van der Waals surface area contributed by atoms with Crippen LogP contribution >= 0.6 is 0 Å². The Hall–Kier alpha value is -2.44. The standard InChI is InChI=1S/C24H36O7/c1-23(2,22(29)30)11-7-4-3-5-9-17-15-19(26)21(28)18(20(17)27)10-6-8-12-24(13-14-24)31-16-25/h15-16,26-28H,3-14H2,1-2H3,(H,29,30). The van der Waals surface area contributed by atoms with E-state index < -0.39 is 11.4 Å². The summed E-state index contributed by atoms with van der Waals surface area (Å²) in [7, 11) is 0. The summed E-state index contributed by atoms with van der Waals surface area (Å²) in [5.41, 5.74) is -0.0531. The number of hydrogen-bond donors (Lipinski definition) is 4. The maximum Gasteiger partial charge on any atom is 0.309 e. The highest BCUT2D eigenvalue weighted by molar-refractivity contribution is 5.73. The lowest BCUT2D eigenvalue weighted by molar-refractivity contribution is -0.147. The zero-order valence-corrected chi connectivity index (χ0v) is 18.7. The van der Waals surface area contributed by atoms with Gasteiger partial charge in [-0.25, -0.2) is 0 Å². The Balaban J connectivity index is 1.81. The van der Waals surface area contributed by atoms with Crippen LogP contribution in [0.25, 0.3) is 0 Å². The average Bonchev–Trinajstić information content (AvgIpc) is 3.47. The molecule has 0 unspecified atom stereocenters. The highest BCUT2D eigenvalue weighted by Crippen LogP contribution is 2.44. The molecule has 1 aromatic rings. The maximum absolute atomic E-state index is 11.1. The van der Waals surface area contributed by atoms with E-state index in [0.29, 0.717) is 43.3 Å². The van der Waals surface area contributed by atoms with Gasteiger partial charge in [-0.1, -0.05) is 19.3 Å². The van der Waals surface area contributed by atoms with Crippen LogP contribution in [0.15, 0.2) is 6.07 Å². The summed E-state index contributed by atoms with van der Waals surface area (Å²) in [6, 6.07) is 1.42. The number of rotatable bonds is 15. The molecule has 2 rings (SSSR count). The first-order valence-corrected chi connectivity index (χ1v) is 11.2. The van der Waals surface area contributed by atoms with Crippen molar-refractivity contribution in [3.05, 3.63) is 17.2 Å². The van der Waals surface area contributed by atoms with E-state index >= 15 is 0 Å². The summed E-state index contributed by atoms with van der Waals surface area (Å²) in [5.74, 6) is -1.25. The average molecular weight is 437 g/mol. The summed E-state index contributed by atoms with van der Waals surface area (Å²) in [6.07, 6.45) is 9.07. The summed E-state index contributed by atoms with van der Waals surface area (Å²) in [5, 5.41) is 40.0. The lowest BCUT2D eigenvalue weighted by Gasteiger charge is -2.18. The molecule has 0 atom stereocenters. The summed E-state index contributed by atoms with van der Waals surface area (Å²) < 4.78 is 5.13. The van der Waals surface area contributed by atoms with Gasteiger partial charge in [-0.2, -0.15) is 0 Å². The van der Waals surface area contributed by atoms with Gasteiger partial charge in [-0.15, -0.1) is 0 Å². The van der Waals surface area contributed by atoms with E-state index in [1.54, 1.807) is 13.8 Å². The number of aryl methyl sites for hydroxylation is 1. The van der Waals surface area contributed by atoms with E-state index in [0.717, 1.165) is 51.4 Å². The van der Waals surface area contributed by atoms with E-state index in [1.807, 2.05) is 0 Å². The van der Waals surface area contributed by atoms with Gasteiger partial charge in [0.15, 0.2) is 11.5 Å². The Kier molecular flexibility index (Phi) is 8.60. The molecule has 174 valence electrons. The second-order valence-corrected chi connectivity index (χ2v) is 9.44. The number of carbonyl (C=O) groups excluding carboxylic acids is 1. The Labute approximate surface area is 184 Å². The monoisotopic (exact) mass is 436 g/mol. The Morgan fingerprint density at radius 3 is 2.29 bits per heavy atom. The highest BCUT2D eigenvalue weighted by atomic mass is 16.5. The van der Waals surface area contributed by atoms with E-state index in [-0.39, 0.29) is 22.8 Å². The predicted molar refractivity (Wildman–Crippen MR) is 116 cm³/mol. The van der Waals surface area contributed by atoms with Crippen molar-refractivity contribution in [2.45, 2.75) is 96.5 Å². The lowest BCUT2D eigenvalue weighted by atomic mass is 9.87. The quantitative estimate of drug-likeness (QED) is 0.134. The summed E-state index contributed by atoms with van der Waals surface area (Å²) in [4.78, 5) is 21.7. The first-order chi connectivity index (χ1) is 14.6. The maximum atomic E-state index is 11.1. The molecule has 0 radical (unpaired) electrons. The number of benzene rings is 1. The molecular weight excluding hydrogens is 400 g/mol.